The van der Waals surface area contributed by atoms with Crippen LogP contribution >= 0.6 is 0 Å². The number of methoxy groups -OCH3 is 1. The molecule has 7 heteroatoms. The topological polar surface area (TPSA) is 80.7 Å². The van der Waals surface area contributed by atoms with E-state index in [-0.39, 0.29) is 5.56 Å². The van der Waals surface area contributed by atoms with Gasteiger partial charge in [-0.25, -0.2) is 17.6 Å². The Morgan fingerprint density at radius 1 is 1.50 bits per heavy atom. The van der Waals surface area contributed by atoms with Gasteiger partial charge in [0.15, 0.2) is 5.94 Å². The first kappa shape index (κ1) is 12.6. The van der Waals surface area contributed by atoms with Crippen LogP contribution in [-0.2, 0) is 14.6 Å². The van der Waals surface area contributed by atoms with Crippen molar-refractivity contribution in [1.29, 1.82) is 0 Å². The Bertz CT molecular complexity index is 509. The van der Waals surface area contributed by atoms with Crippen LogP contribution in [0, 0.1) is 5.82 Å². The van der Waals surface area contributed by atoms with E-state index in [1.807, 2.05) is 0 Å². The molecule has 16 heavy (non-hydrogen) atoms. The number of ether oxygens (including phenoxy) is 1. The molecule has 0 aliphatic rings. The maximum Gasteiger partial charge on any atom is 0.335 e. The van der Waals surface area contributed by atoms with Gasteiger partial charge in [-0.3, -0.25) is 0 Å². The van der Waals surface area contributed by atoms with Gasteiger partial charge in [-0.15, -0.1) is 0 Å². The number of rotatable bonds is 4. The lowest BCUT2D eigenvalue weighted by Crippen LogP contribution is -2.11. The van der Waals surface area contributed by atoms with E-state index in [1.54, 1.807) is 0 Å². The highest BCUT2D eigenvalue weighted by atomic mass is 32.2. The average molecular weight is 248 g/mol. The van der Waals surface area contributed by atoms with Gasteiger partial charge in [-0.2, -0.15) is 0 Å². The number of carboxylic acid groups (broad SMARTS) is 1. The minimum Gasteiger partial charge on any atom is -0.478 e. The van der Waals surface area contributed by atoms with E-state index in [0.29, 0.717) is 0 Å². The zero-order chi connectivity index (χ0) is 12.3. The number of halogens is 1. The number of sulfone groups is 1. The van der Waals surface area contributed by atoms with E-state index in [1.165, 1.54) is 0 Å². The monoisotopic (exact) mass is 248 g/mol. The lowest BCUT2D eigenvalue weighted by molar-refractivity contribution is 0.0696. The number of carbonyl (C=O) groups is 1. The largest absolute Gasteiger partial charge is 0.478 e. The van der Waals surface area contributed by atoms with E-state index >= 15 is 0 Å². The first-order valence-electron chi connectivity index (χ1n) is 4.13. The molecule has 5 nitrogen and oxygen atoms in total. The Labute approximate surface area is 91.4 Å². The van der Waals surface area contributed by atoms with Crippen molar-refractivity contribution in [1.82, 2.24) is 0 Å². The molecule has 0 spiro atoms. The zero-order valence-corrected chi connectivity index (χ0v) is 9.12. The Morgan fingerprint density at radius 3 is 2.62 bits per heavy atom. The highest BCUT2D eigenvalue weighted by Gasteiger charge is 2.20. The first-order chi connectivity index (χ1) is 7.38. The van der Waals surface area contributed by atoms with Crippen LogP contribution < -0.4 is 0 Å². The molecule has 0 heterocycles. The summed E-state index contributed by atoms with van der Waals surface area (Å²) in [5.41, 5.74) is -0.295. The standard InChI is InChI=1S/C9H9FO5S/c1-15-5-16(13,14)8-4-6(9(11)12)2-3-7(8)10/h2-4H,5H2,1H3,(H,11,12). The van der Waals surface area contributed by atoms with Gasteiger partial charge >= 0.3 is 5.97 Å². The molecule has 1 aromatic carbocycles. The summed E-state index contributed by atoms with van der Waals surface area (Å²) in [7, 11) is -2.81. The summed E-state index contributed by atoms with van der Waals surface area (Å²) >= 11 is 0. The van der Waals surface area contributed by atoms with Crippen LogP contribution in [0.15, 0.2) is 23.1 Å². The number of carboxylic acids is 1. The molecule has 0 unspecified atom stereocenters. The Balaban J connectivity index is 3.33. The molecule has 1 rings (SSSR count). The Kier molecular flexibility index (Phi) is 3.61. The molecular formula is C9H9FO5S. The van der Waals surface area contributed by atoms with Crippen LogP contribution in [0.4, 0.5) is 4.39 Å². The molecule has 0 saturated heterocycles. The summed E-state index contributed by atoms with van der Waals surface area (Å²) in [5.74, 6) is -3.02. The lowest BCUT2D eigenvalue weighted by Gasteiger charge is -2.05. The predicted molar refractivity (Wildman–Crippen MR) is 52.4 cm³/mol. The zero-order valence-electron chi connectivity index (χ0n) is 8.31. The number of aromatic carboxylic acids is 1. The highest BCUT2D eigenvalue weighted by molar-refractivity contribution is 7.91. The van der Waals surface area contributed by atoms with Crippen molar-refractivity contribution in [3.63, 3.8) is 0 Å². The molecule has 0 amide bonds. The fourth-order valence-electron chi connectivity index (χ4n) is 1.09. The van der Waals surface area contributed by atoms with Gasteiger partial charge in [-0.1, -0.05) is 0 Å². The fourth-order valence-corrected chi connectivity index (χ4v) is 2.20. The lowest BCUT2D eigenvalue weighted by atomic mass is 10.2. The van der Waals surface area contributed by atoms with Crippen molar-refractivity contribution in [2.45, 2.75) is 4.90 Å². The minimum atomic E-state index is -3.96. The third-order valence-corrected chi connectivity index (χ3v) is 3.32. The van der Waals surface area contributed by atoms with Crippen molar-refractivity contribution < 1.29 is 27.4 Å². The number of hydrogen-bond acceptors (Lipinski definition) is 4. The van der Waals surface area contributed by atoms with Crippen molar-refractivity contribution in [2.75, 3.05) is 13.0 Å². The molecule has 0 saturated carbocycles. The molecule has 1 aromatic rings. The summed E-state index contributed by atoms with van der Waals surface area (Å²) in [6, 6.07) is 2.56. The van der Waals surface area contributed by atoms with Gasteiger partial charge in [0.05, 0.1) is 5.56 Å². The van der Waals surface area contributed by atoms with E-state index in [4.69, 9.17) is 5.11 Å². The number of benzene rings is 1. The molecular weight excluding hydrogens is 239 g/mol. The van der Waals surface area contributed by atoms with Gasteiger partial charge in [0.2, 0.25) is 9.84 Å². The highest BCUT2D eigenvalue weighted by Crippen LogP contribution is 2.18. The van der Waals surface area contributed by atoms with Gasteiger partial charge < -0.3 is 9.84 Å². The van der Waals surface area contributed by atoms with Crippen LogP contribution in [0.1, 0.15) is 10.4 Å². The second-order valence-corrected chi connectivity index (χ2v) is 4.88. The van der Waals surface area contributed by atoms with E-state index in [0.717, 1.165) is 25.3 Å². The SMILES string of the molecule is COCS(=O)(=O)c1cc(C(=O)O)ccc1F. The molecule has 0 fully saturated rings. The molecule has 0 atom stereocenters. The molecule has 88 valence electrons. The second kappa shape index (κ2) is 4.58. The second-order valence-electron chi connectivity index (χ2n) is 2.97. The molecule has 0 bridgehead atoms. The summed E-state index contributed by atoms with van der Waals surface area (Å²) in [6.07, 6.45) is 0. The average Bonchev–Trinajstić information content (AvgIpc) is 2.17. The van der Waals surface area contributed by atoms with Crippen LogP contribution in [0.3, 0.4) is 0 Å². The molecule has 0 aliphatic heterocycles. The van der Waals surface area contributed by atoms with Crippen molar-refractivity contribution in [3.8, 4) is 0 Å². The first-order valence-corrected chi connectivity index (χ1v) is 5.78. The predicted octanol–water partition coefficient (Wildman–Crippen LogP) is 0.902. The summed E-state index contributed by atoms with van der Waals surface area (Å²) in [5, 5.41) is 8.65. The minimum absolute atomic E-state index is 0.295. The van der Waals surface area contributed by atoms with Gasteiger partial charge in [-0.05, 0) is 18.2 Å². The summed E-state index contributed by atoms with van der Waals surface area (Å²) < 4.78 is 40.6. The van der Waals surface area contributed by atoms with Gasteiger partial charge in [0.1, 0.15) is 10.7 Å². The van der Waals surface area contributed by atoms with Crippen LogP contribution in [0.25, 0.3) is 0 Å². The smallest absolute Gasteiger partial charge is 0.335 e. The van der Waals surface area contributed by atoms with E-state index in [2.05, 4.69) is 4.74 Å². The molecule has 0 aromatic heterocycles. The molecule has 0 aliphatic carbocycles. The van der Waals surface area contributed by atoms with Crippen molar-refractivity contribution >= 4 is 15.8 Å². The van der Waals surface area contributed by atoms with E-state index in [9.17, 15) is 17.6 Å². The van der Waals surface area contributed by atoms with E-state index < -0.39 is 32.5 Å². The quantitative estimate of drug-likeness (QED) is 0.856. The third-order valence-electron chi connectivity index (χ3n) is 1.79. The van der Waals surface area contributed by atoms with Crippen LogP contribution in [-0.4, -0.2) is 32.5 Å². The molecule has 1 N–H and O–H groups in total. The summed E-state index contributed by atoms with van der Waals surface area (Å²) in [4.78, 5) is 9.93. The molecule has 0 radical (unpaired) electrons. The number of hydrogen-bond donors (Lipinski definition) is 1. The maximum absolute atomic E-state index is 13.2. The summed E-state index contributed by atoms with van der Waals surface area (Å²) in [6.45, 7) is 0. The van der Waals surface area contributed by atoms with Crippen molar-refractivity contribution in [2.24, 2.45) is 0 Å². The van der Waals surface area contributed by atoms with Crippen LogP contribution in [0.5, 0.6) is 0 Å². The third kappa shape index (κ3) is 2.56. The van der Waals surface area contributed by atoms with Gasteiger partial charge in [0.25, 0.3) is 0 Å². The fraction of sp³-hybridized carbons (Fsp3) is 0.222. The maximum atomic E-state index is 13.2. The van der Waals surface area contributed by atoms with Gasteiger partial charge in [0, 0.05) is 7.11 Å². The van der Waals surface area contributed by atoms with Crippen LogP contribution in [0.2, 0.25) is 0 Å². The van der Waals surface area contributed by atoms with Crippen molar-refractivity contribution in [3.05, 3.63) is 29.6 Å². The Hall–Kier alpha value is -1.47. The Morgan fingerprint density at radius 2 is 2.12 bits per heavy atom. The normalized spacial score (nSPS) is 11.4.